The molecule has 2 aromatic rings. The molecule has 0 N–H and O–H groups in total. The Balaban J connectivity index is 0.00000280. The van der Waals surface area contributed by atoms with E-state index in [0.717, 1.165) is 0 Å². The fourth-order valence-corrected chi connectivity index (χ4v) is 5.40. The molecule has 0 spiro atoms. The molecule has 1 aliphatic rings. The van der Waals surface area contributed by atoms with E-state index in [4.69, 9.17) is 0 Å². The Labute approximate surface area is 213 Å². The molecule has 4 heteroatoms. The molecule has 0 nitrogen and oxygen atoms in total. The Bertz CT molecular complexity index is 809. The van der Waals surface area contributed by atoms with Gasteiger partial charge in [-0.2, -0.15) is 0 Å². The molecular weight excluding hydrogens is 467 g/mol. The maximum atomic E-state index is 2.53. The van der Waals surface area contributed by atoms with Crippen molar-refractivity contribution in [2.75, 3.05) is 0 Å². The number of aryl methyl sites for hydroxylation is 4. The third-order valence-corrected chi connectivity index (χ3v) is 6.39. The van der Waals surface area contributed by atoms with Gasteiger partial charge in [-0.05, 0) is 0 Å². The van der Waals surface area contributed by atoms with Gasteiger partial charge in [-0.15, -0.1) is 0 Å². The van der Waals surface area contributed by atoms with Crippen molar-refractivity contribution in [3.8, 4) is 0 Å². The van der Waals surface area contributed by atoms with E-state index in [1.54, 1.807) is 0 Å². The quantitative estimate of drug-likeness (QED) is 0.425. The summed E-state index contributed by atoms with van der Waals surface area (Å²) in [5, 5.41) is 0. The molecule has 1 atom stereocenters. The topological polar surface area (TPSA) is 0 Å². The zero-order chi connectivity index (χ0) is 19.6. The van der Waals surface area contributed by atoms with E-state index >= 15 is 0 Å². The summed E-state index contributed by atoms with van der Waals surface area (Å²) in [6.07, 6.45) is 11.0. The van der Waals surface area contributed by atoms with E-state index in [2.05, 4.69) is 110 Å². The van der Waals surface area contributed by atoms with Gasteiger partial charge in [0.15, 0.2) is 0 Å². The van der Waals surface area contributed by atoms with Gasteiger partial charge < -0.3 is 37.2 Å². The summed E-state index contributed by atoms with van der Waals surface area (Å²) in [6.45, 7) is 11.1. The molecular formula is C26H31Cl3Ti. The summed E-state index contributed by atoms with van der Waals surface area (Å²) in [6, 6.07) is 14.1. The zero-order valence-corrected chi connectivity index (χ0v) is 22.4. The van der Waals surface area contributed by atoms with Crippen LogP contribution in [-0.2, 0) is 20.4 Å². The van der Waals surface area contributed by atoms with Gasteiger partial charge in [0.2, 0.25) is 0 Å². The molecule has 3 rings (SSSR count). The summed E-state index contributed by atoms with van der Waals surface area (Å²) in [7, 11) is 0. The van der Waals surface area contributed by atoms with Crippen molar-refractivity contribution in [2.45, 2.75) is 63.5 Å². The number of unbranched alkanes of at least 4 members (excludes halogenated alkanes) is 1. The van der Waals surface area contributed by atoms with Gasteiger partial charge in [-0.3, -0.25) is 0 Å². The van der Waals surface area contributed by atoms with Gasteiger partial charge in [0.1, 0.15) is 0 Å². The van der Waals surface area contributed by atoms with Gasteiger partial charge in [0.05, 0.1) is 0 Å². The second-order valence-electron chi connectivity index (χ2n) is 8.36. The average Bonchev–Trinajstić information content (AvgIpc) is 2.93. The molecule has 0 bridgehead atoms. The summed E-state index contributed by atoms with van der Waals surface area (Å²) < 4.78 is 0.0174. The molecule has 0 amide bonds. The Hall–Kier alpha value is -0.496. The molecule has 2 aromatic carbocycles. The number of rotatable bonds is 6. The second-order valence-corrected chi connectivity index (χ2v) is 9.72. The maximum Gasteiger partial charge on any atom is -1.00 e. The minimum absolute atomic E-state index is 0. The molecule has 0 fully saturated rings. The molecule has 1 aliphatic carbocycles. The van der Waals surface area contributed by atoms with Crippen LogP contribution >= 0.6 is 0 Å². The first kappa shape index (κ1) is 29.5. The molecule has 0 radical (unpaired) electrons. The van der Waals surface area contributed by atoms with Crippen LogP contribution in [0.1, 0.15) is 65.5 Å². The summed E-state index contributed by atoms with van der Waals surface area (Å²) >= 11 is 2.41. The van der Waals surface area contributed by atoms with Crippen LogP contribution in [-0.4, -0.2) is 0 Å². The van der Waals surface area contributed by atoms with E-state index in [-0.39, 0.29) is 40.9 Å². The van der Waals surface area contributed by atoms with Crippen LogP contribution in [0, 0.1) is 27.7 Å². The number of benzene rings is 2. The average molecular weight is 498 g/mol. The Kier molecular flexibility index (Phi) is 12.3. The standard InChI is InChI=1S/C26H31.3ClH.Ti/c1-6-7-8-22-9-10-23(17-22)26(24-13-18(2)11-19(3)14-24)25-15-20(4)12-21(5)16-25;;;;/h9-17,26H,6-8H2,1-5H3;3*1H;/q;;;;+3/p-3. The van der Waals surface area contributed by atoms with Gasteiger partial charge >= 0.3 is 178 Å². The van der Waals surface area contributed by atoms with Crippen molar-refractivity contribution >= 4 is 0 Å². The second kappa shape index (κ2) is 12.5. The molecule has 0 heterocycles. The van der Waals surface area contributed by atoms with E-state index in [9.17, 15) is 0 Å². The van der Waals surface area contributed by atoms with Crippen LogP contribution in [0.2, 0.25) is 3.72 Å². The van der Waals surface area contributed by atoms with E-state index in [1.165, 1.54) is 58.2 Å². The number of halogens is 3. The SMILES string of the molecule is CCCCC1=C[C]([Ti+3])(C(c2cc(C)cc(C)c2)c2cc(C)cc(C)c2)C=C1.[Cl-].[Cl-].[Cl-]. The van der Waals surface area contributed by atoms with Crippen LogP contribution < -0.4 is 37.2 Å². The minimum atomic E-state index is 0. The Morgan fingerprint density at radius 2 is 1.20 bits per heavy atom. The van der Waals surface area contributed by atoms with Crippen molar-refractivity contribution in [2.24, 2.45) is 0 Å². The molecule has 30 heavy (non-hydrogen) atoms. The Morgan fingerprint density at radius 3 is 1.60 bits per heavy atom. The van der Waals surface area contributed by atoms with Crippen LogP contribution in [0.15, 0.2) is 60.2 Å². The summed E-state index contributed by atoms with van der Waals surface area (Å²) in [4.78, 5) is 0. The molecule has 0 saturated carbocycles. The van der Waals surface area contributed by atoms with Gasteiger partial charge in [-0.25, -0.2) is 0 Å². The van der Waals surface area contributed by atoms with Crippen molar-refractivity contribution in [3.05, 3.63) is 93.6 Å². The van der Waals surface area contributed by atoms with Crippen LogP contribution in [0.5, 0.6) is 0 Å². The van der Waals surface area contributed by atoms with Gasteiger partial charge in [0.25, 0.3) is 0 Å². The monoisotopic (exact) mass is 496 g/mol. The van der Waals surface area contributed by atoms with Crippen LogP contribution in [0.25, 0.3) is 0 Å². The first-order chi connectivity index (χ1) is 12.8. The van der Waals surface area contributed by atoms with E-state index < -0.39 is 0 Å². The maximum absolute atomic E-state index is 2.53. The predicted octanol–water partition coefficient (Wildman–Crippen LogP) is -1.54. The first-order valence-corrected chi connectivity index (χ1v) is 10.9. The largest absolute Gasteiger partial charge is 1.00 e. The third kappa shape index (κ3) is 7.01. The van der Waals surface area contributed by atoms with Crippen LogP contribution in [0.4, 0.5) is 0 Å². The van der Waals surface area contributed by atoms with Crippen molar-refractivity contribution in [3.63, 3.8) is 0 Å². The normalized spacial score (nSPS) is 17.1. The van der Waals surface area contributed by atoms with Gasteiger partial charge in [0, 0.05) is 0 Å². The molecule has 160 valence electrons. The summed E-state index contributed by atoms with van der Waals surface area (Å²) in [5.74, 6) is 0.338. The fraction of sp³-hybridized carbons (Fsp3) is 0.385. The first-order valence-electron chi connectivity index (χ1n) is 10.1. The minimum Gasteiger partial charge on any atom is -1.00 e. The van der Waals surface area contributed by atoms with Crippen LogP contribution in [0.3, 0.4) is 0 Å². The van der Waals surface area contributed by atoms with Crippen molar-refractivity contribution in [1.29, 1.82) is 0 Å². The number of allylic oxidation sites excluding steroid dienone is 4. The Morgan fingerprint density at radius 1 is 0.767 bits per heavy atom. The summed E-state index contributed by atoms with van der Waals surface area (Å²) in [5.41, 5.74) is 9.74. The number of hydrogen-bond donors (Lipinski definition) is 0. The van der Waals surface area contributed by atoms with Crippen molar-refractivity contribution < 1.29 is 57.7 Å². The van der Waals surface area contributed by atoms with E-state index in [0.29, 0.717) is 5.92 Å². The molecule has 0 aromatic heterocycles. The number of hydrogen-bond acceptors (Lipinski definition) is 0. The molecule has 0 saturated heterocycles. The van der Waals surface area contributed by atoms with Crippen molar-refractivity contribution in [1.82, 2.24) is 0 Å². The van der Waals surface area contributed by atoms with E-state index in [1.807, 2.05) is 0 Å². The smallest absolute Gasteiger partial charge is 1.00 e. The zero-order valence-electron chi connectivity index (χ0n) is 18.5. The fourth-order valence-electron chi connectivity index (χ4n) is 4.46. The molecule has 1 unspecified atom stereocenters. The van der Waals surface area contributed by atoms with Gasteiger partial charge in [-0.1, -0.05) is 0 Å². The third-order valence-electron chi connectivity index (χ3n) is 5.45. The molecule has 0 aliphatic heterocycles. The predicted molar refractivity (Wildman–Crippen MR) is 113 cm³/mol.